The monoisotopic (exact) mass is 351 g/mol. The van der Waals surface area contributed by atoms with Crippen molar-refractivity contribution in [3.63, 3.8) is 0 Å². The molecule has 0 radical (unpaired) electrons. The predicted molar refractivity (Wildman–Crippen MR) is 96.8 cm³/mol. The van der Waals surface area contributed by atoms with Gasteiger partial charge in [-0.05, 0) is 36.8 Å². The maximum Gasteiger partial charge on any atom is 0.254 e. The SMILES string of the molecule is Cc1cc(C#N)ccc1C(=O)N1CCOC(c2ccnc(N(C)C)n2)C1. The standard InChI is InChI=1S/C19H21N5O2/c1-13-10-14(11-20)4-5-15(13)18(25)24-8-9-26-17(12-24)16-6-7-21-19(22-16)23(2)3/h4-7,10,17H,8-9,12H2,1-3H3. The summed E-state index contributed by atoms with van der Waals surface area (Å²) < 4.78 is 5.84. The highest BCUT2D eigenvalue weighted by atomic mass is 16.5. The van der Waals surface area contributed by atoms with Crippen molar-refractivity contribution < 1.29 is 9.53 Å². The molecule has 0 bridgehead atoms. The molecule has 1 aliphatic heterocycles. The summed E-state index contributed by atoms with van der Waals surface area (Å²) in [4.78, 5) is 25.3. The molecular formula is C19H21N5O2. The number of hydrogen-bond donors (Lipinski definition) is 0. The van der Waals surface area contributed by atoms with Crippen molar-refractivity contribution in [2.45, 2.75) is 13.0 Å². The van der Waals surface area contributed by atoms with Gasteiger partial charge in [-0.15, -0.1) is 0 Å². The van der Waals surface area contributed by atoms with Crippen LogP contribution in [0, 0.1) is 18.3 Å². The lowest BCUT2D eigenvalue weighted by Gasteiger charge is -2.33. The molecule has 1 saturated heterocycles. The highest BCUT2D eigenvalue weighted by molar-refractivity contribution is 5.95. The van der Waals surface area contributed by atoms with E-state index < -0.39 is 0 Å². The number of hydrogen-bond acceptors (Lipinski definition) is 6. The van der Waals surface area contributed by atoms with Crippen molar-refractivity contribution in [2.24, 2.45) is 0 Å². The lowest BCUT2D eigenvalue weighted by atomic mass is 10.0. The molecule has 26 heavy (non-hydrogen) atoms. The minimum Gasteiger partial charge on any atom is -0.368 e. The van der Waals surface area contributed by atoms with E-state index in [1.807, 2.05) is 32.0 Å². The smallest absolute Gasteiger partial charge is 0.254 e. The van der Waals surface area contributed by atoms with Crippen molar-refractivity contribution in [1.29, 1.82) is 5.26 Å². The summed E-state index contributed by atoms with van der Waals surface area (Å²) in [5.74, 6) is 0.555. The molecule has 1 atom stereocenters. The molecule has 1 aromatic heterocycles. The number of ether oxygens (including phenoxy) is 1. The fourth-order valence-corrected chi connectivity index (χ4v) is 2.91. The fraction of sp³-hybridized carbons (Fsp3) is 0.368. The van der Waals surface area contributed by atoms with E-state index >= 15 is 0 Å². The van der Waals surface area contributed by atoms with Gasteiger partial charge in [-0.3, -0.25) is 4.79 Å². The maximum absolute atomic E-state index is 12.9. The Balaban J connectivity index is 1.79. The molecule has 0 saturated carbocycles. The van der Waals surface area contributed by atoms with Gasteiger partial charge in [0.05, 0.1) is 30.5 Å². The van der Waals surface area contributed by atoms with Crippen LogP contribution >= 0.6 is 0 Å². The van der Waals surface area contributed by atoms with Crippen molar-refractivity contribution >= 4 is 11.9 Å². The van der Waals surface area contributed by atoms with Gasteiger partial charge < -0.3 is 14.5 Å². The lowest BCUT2D eigenvalue weighted by Crippen LogP contribution is -2.42. The van der Waals surface area contributed by atoms with Crippen LogP contribution in [0.1, 0.15) is 33.3 Å². The number of nitrogens with zero attached hydrogens (tertiary/aromatic N) is 5. The van der Waals surface area contributed by atoms with Gasteiger partial charge in [-0.2, -0.15) is 5.26 Å². The van der Waals surface area contributed by atoms with Crippen molar-refractivity contribution in [3.8, 4) is 6.07 Å². The van der Waals surface area contributed by atoms with Crippen LogP contribution in [0.25, 0.3) is 0 Å². The van der Waals surface area contributed by atoms with Crippen LogP contribution in [0.3, 0.4) is 0 Å². The Hall–Kier alpha value is -2.98. The van der Waals surface area contributed by atoms with Crippen LogP contribution < -0.4 is 4.90 Å². The summed E-state index contributed by atoms with van der Waals surface area (Å²) >= 11 is 0. The number of carbonyl (C=O) groups is 1. The summed E-state index contributed by atoms with van der Waals surface area (Å²) in [7, 11) is 3.76. The molecule has 1 unspecified atom stereocenters. The molecule has 1 aromatic carbocycles. The first kappa shape index (κ1) is 17.8. The number of anilines is 1. The van der Waals surface area contributed by atoms with Gasteiger partial charge in [-0.25, -0.2) is 9.97 Å². The molecule has 134 valence electrons. The summed E-state index contributed by atoms with van der Waals surface area (Å²) in [5, 5.41) is 8.99. The second-order valence-corrected chi connectivity index (χ2v) is 6.43. The third-order valence-electron chi connectivity index (χ3n) is 4.33. The van der Waals surface area contributed by atoms with Crippen LogP contribution in [0.4, 0.5) is 5.95 Å². The first-order valence-corrected chi connectivity index (χ1v) is 8.41. The molecule has 7 nitrogen and oxygen atoms in total. The Morgan fingerprint density at radius 3 is 2.88 bits per heavy atom. The molecular weight excluding hydrogens is 330 g/mol. The minimum atomic E-state index is -0.284. The Labute approximate surface area is 152 Å². The second-order valence-electron chi connectivity index (χ2n) is 6.43. The summed E-state index contributed by atoms with van der Waals surface area (Å²) in [6, 6.07) is 9.04. The topological polar surface area (TPSA) is 82.3 Å². The first-order valence-electron chi connectivity index (χ1n) is 8.41. The molecule has 1 amide bonds. The number of amides is 1. The van der Waals surface area contributed by atoms with E-state index in [0.717, 1.165) is 11.3 Å². The quantitative estimate of drug-likeness (QED) is 0.840. The van der Waals surface area contributed by atoms with E-state index in [0.29, 0.717) is 36.8 Å². The zero-order valence-corrected chi connectivity index (χ0v) is 15.1. The van der Waals surface area contributed by atoms with Crippen LogP contribution in [0.15, 0.2) is 30.5 Å². The Morgan fingerprint density at radius 1 is 1.38 bits per heavy atom. The van der Waals surface area contributed by atoms with Crippen LogP contribution in [-0.4, -0.2) is 54.6 Å². The van der Waals surface area contributed by atoms with Gasteiger partial charge in [0, 0.05) is 32.4 Å². The van der Waals surface area contributed by atoms with Crippen LogP contribution in [0.2, 0.25) is 0 Å². The highest BCUT2D eigenvalue weighted by Gasteiger charge is 2.28. The minimum absolute atomic E-state index is 0.0535. The van der Waals surface area contributed by atoms with Gasteiger partial charge in [0.1, 0.15) is 6.10 Å². The average molecular weight is 351 g/mol. The van der Waals surface area contributed by atoms with Gasteiger partial charge in [0.2, 0.25) is 5.95 Å². The molecule has 0 N–H and O–H groups in total. The zero-order chi connectivity index (χ0) is 18.7. The highest BCUT2D eigenvalue weighted by Crippen LogP contribution is 2.23. The number of benzene rings is 1. The van der Waals surface area contributed by atoms with Crippen molar-refractivity contribution in [3.05, 3.63) is 52.8 Å². The largest absolute Gasteiger partial charge is 0.368 e. The van der Waals surface area contributed by atoms with Gasteiger partial charge in [0.25, 0.3) is 5.91 Å². The van der Waals surface area contributed by atoms with Gasteiger partial charge in [-0.1, -0.05) is 0 Å². The molecule has 3 rings (SSSR count). The number of aromatic nitrogens is 2. The molecule has 1 aliphatic rings. The van der Waals surface area contributed by atoms with E-state index in [9.17, 15) is 4.79 Å². The molecule has 1 fully saturated rings. The molecule has 0 spiro atoms. The third kappa shape index (κ3) is 3.65. The zero-order valence-electron chi connectivity index (χ0n) is 15.1. The van der Waals surface area contributed by atoms with E-state index in [1.165, 1.54) is 0 Å². The Morgan fingerprint density at radius 2 is 2.19 bits per heavy atom. The predicted octanol–water partition coefficient (Wildman–Crippen LogP) is 1.94. The molecule has 2 aromatic rings. The summed E-state index contributed by atoms with van der Waals surface area (Å²) in [5.41, 5.74) is 2.73. The molecule has 7 heteroatoms. The fourth-order valence-electron chi connectivity index (χ4n) is 2.91. The van der Waals surface area contributed by atoms with E-state index in [-0.39, 0.29) is 12.0 Å². The van der Waals surface area contributed by atoms with E-state index in [1.54, 1.807) is 29.3 Å². The van der Waals surface area contributed by atoms with Crippen LogP contribution in [0.5, 0.6) is 0 Å². The second kappa shape index (κ2) is 7.50. The number of carbonyl (C=O) groups excluding carboxylic acids is 1. The van der Waals surface area contributed by atoms with Gasteiger partial charge in [0.15, 0.2) is 0 Å². The summed E-state index contributed by atoms with van der Waals surface area (Å²) in [6.07, 6.45) is 1.42. The Kier molecular flexibility index (Phi) is 5.14. The molecule has 2 heterocycles. The van der Waals surface area contributed by atoms with E-state index in [4.69, 9.17) is 10.00 Å². The number of nitriles is 1. The average Bonchev–Trinajstić information content (AvgIpc) is 2.67. The van der Waals surface area contributed by atoms with E-state index in [2.05, 4.69) is 16.0 Å². The van der Waals surface area contributed by atoms with Crippen LogP contribution in [-0.2, 0) is 4.74 Å². The summed E-state index contributed by atoms with van der Waals surface area (Å²) in [6.45, 7) is 3.26. The van der Waals surface area contributed by atoms with Gasteiger partial charge >= 0.3 is 0 Å². The van der Waals surface area contributed by atoms with Crippen molar-refractivity contribution in [2.75, 3.05) is 38.7 Å². The maximum atomic E-state index is 12.9. The van der Waals surface area contributed by atoms with Crippen molar-refractivity contribution in [1.82, 2.24) is 14.9 Å². The normalized spacial score (nSPS) is 16.8. The molecule has 0 aliphatic carbocycles. The number of rotatable bonds is 3. The Bertz CT molecular complexity index is 859. The number of morpholine rings is 1. The lowest BCUT2D eigenvalue weighted by molar-refractivity contribution is -0.0247. The number of aryl methyl sites for hydroxylation is 1. The first-order chi connectivity index (χ1) is 12.5. The third-order valence-corrected chi connectivity index (χ3v) is 4.33.